The molecule has 1 aromatic carbocycles. The highest BCUT2D eigenvalue weighted by Crippen LogP contribution is 2.65. The lowest BCUT2D eigenvalue weighted by molar-refractivity contribution is -0.148. The van der Waals surface area contributed by atoms with Crippen LogP contribution in [0.4, 0.5) is 0 Å². The van der Waals surface area contributed by atoms with E-state index in [9.17, 15) is 9.59 Å². The first-order valence-electron chi connectivity index (χ1n) is 12.4. The third-order valence-corrected chi connectivity index (χ3v) is 9.56. The molecule has 32 heavy (non-hydrogen) atoms. The molecule has 0 N–H and O–H groups in total. The zero-order chi connectivity index (χ0) is 22.5. The van der Waals surface area contributed by atoms with Gasteiger partial charge in [-0.3, -0.25) is 4.79 Å². The van der Waals surface area contributed by atoms with E-state index < -0.39 is 0 Å². The Bertz CT molecular complexity index is 921. The Kier molecular flexibility index (Phi) is 5.46. The van der Waals surface area contributed by atoms with Gasteiger partial charge in [0.1, 0.15) is 12.2 Å². The van der Waals surface area contributed by atoms with Crippen LogP contribution >= 0.6 is 0 Å². The second kappa shape index (κ2) is 8.04. The molecule has 7 atom stereocenters. The van der Waals surface area contributed by atoms with E-state index in [-0.39, 0.29) is 35.0 Å². The van der Waals surface area contributed by atoms with Crippen LogP contribution in [0.2, 0.25) is 0 Å². The van der Waals surface area contributed by atoms with Crippen molar-refractivity contribution in [3.05, 3.63) is 47.5 Å². The number of allylic oxidation sites excluding steroid dienone is 1. The maximum atomic E-state index is 12.8. The summed E-state index contributed by atoms with van der Waals surface area (Å²) in [6, 6.07) is 9.40. The molecule has 0 aliphatic heterocycles. The number of esters is 2. The van der Waals surface area contributed by atoms with E-state index in [4.69, 9.17) is 9.47 Å². The van der Waals surface area contributed by atoms with Gasteiger partial charge < -0.3 is 9.47 Å². The average molecular weight is 437 g/mol. The van der Waals surface area contributed by atoms with E-state index in [1.165, 1.54) is 18.9 Å². The normalized spacial score (nSPS) is 40.3. The largest absolute Gasteiger partial charge is 0.462 e. The zero-order valence-corrected chi connectivity index (χ0v) is 19.6. The minimum atomic E-state index is -0.179. The number of hydrogen-bond donors (Lipinski definition) is 0. The van der Waals surface area contributed by atoms with Gasteiger partial charge in [0.25, 0.3) is 0 Å². The van der Waals surface area contributed by atoms with Crippen molar-refractivity contribution in [1.82, 2.24) is 0 Å². The van der Waals surface area contributed by atoms with Crippen LogP contribution < -0.4 is 0 Å². The van der Waals surface area contributed by atoms with E-state index in [2.05, 4.69) is 19.9 Å². The Morgan fingerprint density at radius 2 is 1.72 bits per heavy atom. The molecule has 0 saturated heterocycles. The molecule has 0 amide bonds. The molecule has 0 radical (unpaired) electrons. The molecule has 172 valence electrons. The van der Waals surface area contributed by atoms with E-state index in [0.717, 1.165) is 44.9 Å². The molecule has 0 aromatic heterocycles. The van der Waals surface area contributed by atoms with Gasteiger partial charge in [-0.15, -0.1) is 0 Å². The Balaban J connectivity index is 1.33. The minimum Gasteiger partial charge on any atom is -0.462 e. The second-order valence-electron chi connectivity index (χ2n) is 11.1. The van der Waals surface area contributed by atoms with Crippen LogP contribution in [0.3, 0.4) is 0 Å². The highest BCUT2D eigenvalue weighted by molar-refractivity contribution is 5.89. The van der Waals surface area contributed by atoms with Crippen molar-refractivity contribution in [2.45, 2.75) is 84.3 Å². The van der Waals surface area contributed by atoms with Crippen molar-refractivity contribution in [3.63, 3.8) is 0 Å². The van der Waals surface area contributed by atoms with Gasteiger partial charge in [0.15, 0.2) is 0 Å². The average Bonchev–Trinajstić information content (AvgIpc) is 3.10. The van der Waals surface area contributed by atoms with Crippen LogP contribution in [0.5, 0.6) is 0 Å². The lowest BCUT2D eigenvalue weighted by Crippen LogP contribution is -2.51. The first-order valence-corrected chi connectivity index (χ1v) is 12.4. The van der Waals surface area contributed by atoms with Crippen LogP contribution in [0.15, 0.2) is 42.0 Å². The molecular weight excluding hydrogens is 400 g/mol. The number of carbonyl (C=O) groups excluding carboxylic acids is 2. The molecule has 1 aromatic rings. The van der Waals surface area contributed by atoms with Crippen LogP contribution in [-0.2, 0) is 14.3 Å². The highest BCUT2D eigenvalue weighted by Gasteiger charge is 2.59. The van der Waals surface area contributed by atoms with Crippen molar-refractivity contribution in [2.24, 2.45) is 28.6 Å². The third kappa shape index (κ3) is 3.50. The minimum absolute atomic E-state index is 0.0130. The lowest BCUT2D eigenvalue weighted by atomic mass is 9.48. The van der Waals surface area contributed by atoms with Crippen molar-refractivity contribution in [2.75, 3.05) is 0 Å². The molecule has 3 fully saturated rings. The fraction of sp³-hybridized carbons (Fsp3) is 0.643. The molecule has 0 bridgehead atoms. The van der Waals surface area contributed by atoms with Crippen molar-refractivity contribution in [3.8, 4) is 0 Å². The van der Waals surface area contributed by atoms with Crippen LogP contribution in [0.25, 0.3) is 0 Å². The zero-order valence-electron chi connectivity index (χ0n) is 19.6. The molecule has 4 aliphatic rings. The Hall–Kier alpha value is -2.10. The van der Waals surface area contributed by atoms with Gasteiger partial charge in [-0.25, -0.2) is 4.79 Å². The van der Waals surface area contributed by atoms with Gasteiger partial charge in [0.05, 0.1) is 5.56 Å². The molecule has 4 aliphatic carbocycles. The number of rotatable bonds is 3. The third-order valence-electron chi connectivity index (χ3n) is 9.56. The first kappa shape index (κ1) is 21.7. The Labute approximate surface area is 191 Å². The molecule has 0 spiro atoms. The first-order chi connectivity index (χ1) is 15.3. The number of ether oxygens (including phenoxy) is 2. The SMILES string of the molecule is CC(=O)O[C@H]1CC[C@@]2(C)C(=CC[C@@H]3[C@H]4CC[C@H](OC(=O)c5ccccc5)[C@@]4(C)CC[C@@H]32)C1. The van der Waals surface area contributed by atoms with E-state index in [1.54, 1.807) is 0 Å². The number of benzene rings is 1. The monoisotopic (exact) mass is 436 g/mol. The molecule has 3 saturated carbocycles. The maximum Gasteiger partial charge on any atom is 0.338 e. The Morgan fingerprint density at radius 3 is 2.47 bits per heavy atom. The Morgan fingerprint density at radius 1 is 0.938 bits per heavy atom. The van der Waals surface area contributed by atoms with Crippen LogP contribution in [0, 0.1) is 28.6 Å². The summed E-state index contributed by atoms with van der Waals surface area (Å²) in [6.07, 6.45) is 11.1. The van der Waals surface area contributed by atoms with Crippen LogP contribution in [0.1, 0.15) is 82.5 Å². The maximum absolute atomic E-state index is 12.8. The van der Waals surface area contributed by atoms with E-state index >= 15 is 0 Å². The predicted octanol–water partition coefficient (Wildman–Crippen LogP) is 6.11. The van der Waals surface area contributed by atoms with Gasteiger partial charge >= 0.3 is 11.9 Å². The summed E-state index contributed by atoms with van der Waals surface area (Å²) >= 11 is 0. The van der Waals surface area contributed by atoms with E-state index in [0.29, 0.717) is 23.3 Å². The van der Waals surface area contributed by atoms with Gasteiger partial charge in [-0.1, -0.05) is 43.7 Å². The lowest BCUT2D eigenvalue weighted by Gasteiger charge is -2.57. The number of carbonyl (C=O) groups is 2. The van der Waals surface area contributed by atoms with Crippen LogP contribution in [-0.4, -0.2) is 24.1 Å². The van der Waals surface area contributed by atoms with Gasteiger partial charge in [-0.05, 0) is 80.2 Å². The predicted molar refractivity (Wildman–Crippen MR) is 123 cm³/mol. The van der Waals surface area contributed by atoms with Gasteiger partial charge in [0.2, 0.25) is 0 Å². The van der Waals surface area contributed by atoms with Gasteiger partial charge in [-0.2, -0.15) is 0 Å². The summed E-state index contributed by atoms with van der Waals surface area (Å²) in [7, 11) is 0. The second-order valence-corrected chi connectivity index (χ2v) is 11.1. The number of hydrogen-bond acceptors (Lipinski definition) is 4. The fourth-order valence-electron chi connectivity index (χ4n) is 7.88. The standard InChI is InChI=1S/C28H36O4/c1-18(29)31-21-13-15-27(2)20(17-21)9-10-22-23-11-12-25(28(23,3)16-14-24(22)27)32-26(30)19-7-5-4-6-8-19/h4-9,21-25H,10-17H2,1-3H3/t21-,22+,23+,24-,25-,27-,28-/m0/s1. The van der Waals surface area contributed by atoms with Gasteiger partial charge in [0, 0.05) is 18.8 Å². The summed E-state index contributed by atoms with van der Waals surface area (Å²) in [5.74, 6) is 1.61. The fourth-order valence-corrected chi connectivity index (χ4v) is 7.88. The number of fused-ring (bicyclic) bond motifs is 5. The highest BCUT2D eigenvalue weighted by atomic mass is 16.5. The van der Waals surface area contributed by atoms with Crippen molar-refractivity contribution < 1.29 is 19.1 Å². The summed E-state index contributed by atoms with van der Waals surface area (Å²) in [5, 5.41) is 0. The summed E-state index contributed by atoms with van der Waals surface area (Å²) in [6.45, 7) is 6.36. The van der Waals surface area contributed by atoms with Crippen molar-refractivity contribution in [1.29, 1.82) is 0 Å². The summed E-state index contributed by atoms with van der Waals surface area (Å²) in [4.78, 5) is 24.2. The molecule has 4 heteroatoms. The molecule has 5 rings (SSSR count). The quantitative estimate of drug-likeness (QED) is 0.424. The molecular formula is C28H36O4. The summed E-state index contributed by atoms with van der Waals surface area (Å²) < 4.78 is 11.7. The summed E-state index contributed by atoms with van der Waals surface area (Å²) in [5.41, 5.74) is 2.46. The topological polar surface area (TPSA) is 52.6 Å². The van der Waals surface area contributed by atoms with Crippen molar-refractivity contribution >= 4 is 11.9 Å². The molecule has 4 nitrogen and oxygen atoms in total. The molecule has 0 heterocycles. The van der Waals surface area contributed by atoms with E-state index in [1.807, 2.05) is 30.3 Å². The molecule has 0 unspecified atom stereocenters. The smallest absolute Gasteiger partial charge is 0.338 e.